The molecule has 1 fully saturated rings. The Kier molecular flexibility index (Phi) is 6.43. The number of nitrogens with zero attached hydrogens (tertiary/aromatic N) is 2. The molecule has 1 aliphatic heterocycles. The Morgan fingerprint density at radius 3 is 2.90 bits per heavy atom. The first-order chi connectivity index (χ1) is 9.74. The van der Waals surface area contributed by atoms with E-state index in [2.05, 4.69) is 34.4 Å². The molecule has 4 heteroatoms. The van der Waals surface area contributed by atoms with Gasteiger partial charge in [-0.25, -0.2) is 0 Å². The lowest BCUT2D eigenvalue weighted by atomic mass is 10.1. The lowest BCUT2D eigenvalue weighted by Gasteiger charge is -2.23. The first-order valence-corrected chi connectivity index (χ1v) is 7.67. The zero-order valence-electron chi connectivity index (χ0n) is 12.8. The van der Waals surface area contributed by atoms with Crippen molar-refractivity contribution in [1.82, 2.24) is 15.2 Å². The minimum Gasteiger partial charge on any atom is -0.378 e. The van der Waals surface area contributed by atoms with Crippen LogP contribution in [0.25, 0.3) is 0 Å². The van der Waals surface area contributed by atoms with Crippen molar-refractivity contribution < 1.29 is 4.74 Å². The van der Waals surface area contributed by atoms with E-state index in [0.29, 0.717) is 6.10 Å². The molecule has 0 unspecified atom stereocenters. The summed E-state index contributed by atoms with van der Waals surface area (Å²) >= 11 is 0. The van der Waals surface area contributed by atoms with Gasteiger partial charge >= 0.3 is 0 Å². The van der Waals surface area contributed by atoms with Crippen LogP contribution in [0, 0.1) is 6.92 Å². The lowest BCUT2D eigenvalue weighted by Crippen LogP contribution is -2.33. The van der Waals surface area contributed by atoms with Gasteiger partial charge in [0, 0.05) is 25.4 Å². The number of piperidine rings is 1. The van der Waals surface area contributed by atoms with Crippen LogP contribution in [0.3, 0.4) is 0 Å². The van der Waals surface area contributed by atoms with Crippen LogP contribution in [-0.4, -0.2) is 49.3 Å². The van der Waals surface area contributed by atoms with E-state index in [0.717, 1.165) is 63.4 Å². The Balaban J connectivity index is 1.59. The van der Waals surface area contributed by atoms with Gasteiger partial charge in [0.1, 0.15) is 0 Å². The molecule has 0 atom stereocenters. The normalized spacial score (nSPS) is 16.8. The van der Waals surface area contributed by atoms with Crippen molar-refractivity contribution in [1.29, 1.82) is 0 Å². The van der Waals surface area contributed by atoms with Crippen molar-refractivity contribution in [2.45, 2.75) is 38.8 Å². The standard InChI is InChI=1S/C16H27N3O/c1-14-5-3-6-15(18-14)13-19(2)11-4-12-20-16-7-9-17-10-8-16/h3,5-6,16-17H,4,7-13H2,1-2H3. The molecule has 2 heterocycles. The van der Waals surface area contributed by atoms with E-state index < -0.39 is 0 Å². The van der Waals surface area contributed by atoms with E-state index in [-0.39, 0.29) is 0 Å². The van der Waals surface area contributed by atoms with Crippen LogP contribution in [0.2, 0.25) is 0 Å². The third kappa shape index (κ3) is 5.57. The maximum Gasteiger partial charge on any atom is 0.0599 e. The number of rotatable bonds is 7. The summed E-state index contributed by atoms with van der Waals surface area (Å²) in [7, 11) is 2.15. The number of aryl methyl sites for hydroxylation is 1. The largest absolute Gasteiger partial charge is 0.378 e. The van der Waals surface area contributed by atoms with E-state index in [9.17, 15) is 0 Å². The Labute approximate surface area is 122 Å². The average molecular weight is 277 g/mol. The quantitative estimate of drug-likeness (QED) is 0.773. The molecule has 0 amide bonds. The fourth-order valence-corrected chi connectivity index (χ4v) is 2.59. The van der Waals surface area contributed by atoms with Gasteiger partial charge in [0.05, 0.1) is 11.8 Å². The molecule has 20 heavy (non-hydrogen) atoms. The van der Waals surface area contributed by atoms with E-state index in [1.54, 1.807) is 0 Å². The van der Waals surface area contributed by atoms with Gasteiger partial charge in [0.15, 0.2) is 0 Å². The Morgan fingerprint density at radius 2 is 2.15 bits per heavy atom. The fourth-order valence-electron chi connectivity index (χ4n) is 2.59. The van der Waals surface area contributed by atoms with E-state index in [1.807, 2.05) is 13.0 Å². The fraction of sp³-hybridized carbons (Fsp3) is 0.688. The van der Waals surface area contributed by atoms with Gasteiger partial charge in [0.25, 0.3) is 0 Å². The summed E-state index contributed by atoms with van der Waals surface area (Å²) in [4.78, 5) is 6.85. The van der Waals surface area contributed by atoms with Crippen molar-refractivity contribution in [2.24, 2.45) is 0 Å². The monoisotopic (exact) mass is 277 g/mol. The third-order valence-corrected chi connectivity index (χ3v) is 3.70. The minimum absolute atomic E-state index is 0.472. The predicted octanol–water partition coefficient (Wildman–Crippen LogP) is 1.98. The molecule has 4 nitrogen and oxygen atoms in total. The van der Waals surface area contributed by atoms with Crippen LogP contribution in [-0.2, 0) is 11.3 Å². The molecule has 2 rings (SSSR count). The second-order valence-corrected chi connectivity index (χ2v) is 5.68. The molecule has 112 valence electrons. The maximum absolute atomic E-state index is 5.92. The highest BCUT2D eigenvalue weighted by Gasteiger charge is 2.12. The van der Waals surface area contributed by atoms with E-state index >= 15 is 0 Å². The highest BCUT2D eigenvalue weighted by molar-refractivity contribution is 5.09. The van der Waals surface area contributed by atoms with Crippen LogP contribution in [0.5, 0.6) is 0 Å². The topological polar surface area (TPSA) is 37.4 Å². The summed E-state index contributed by atoms with van der Waals surface area (Å²) in [6.45, 7) is 7.08. The highest BCUT2D eigenvalue weighted by Crippen LogP contribution is 2.08. The van der Waals surface area contributed by atoms with E-state index in [4.69, 9.17) is 4.74 Å². The Morgan fingerprint density at radius 1 is 1.35 bits per heavy atom. The number of aromatic nitrogens is 1. The lowest BCUT2D eigenvalue weighted by molar-refractivity contribution is 0.0284. The smallest absolute Gasteiger partial charge is 0.0599 e. The zero-order chi connectivity index (χ0) is 14.2. The molecule has 0 saturated carbocycles. The Hall–Kier alpha value is -0.970. The summed E-state index contributed by atoms with van der Waals surface area (Å²) in [6, 6.07) is 6.21. The summed E-state index contributed by atoms with van der Waals surface area (Å²) in [5, 5.41) is 3.36. The molecule has 1 aliphatic rings. The third-order valence-electron chi connectivity index (χ3n) is 3.70. The van der Waals surface area contributed by atoms with Gasteiger partial charge in [0.2, 0.25) is 0 Å². The maximum atomic E-state index is 5.92. The van der Waals surface area contributed by atoms with Crippen LogP contribution in [0.15, 0.2) is 18.2 Å². The molecular weight excluding hydrogens is 250 g/mol. The van der Waals surface area contributed by atoms with Gasteiger partial charge in [-0.15, -0.1) is 0 Å². The summed E-state index contributed by atoms with van der Waals surface area (Å²) in [5.74, 6) is 0. The molecular formula is C16H27N3O. The first kappa shape index (κ1) is 15.4. The van der Waals surface area contributed by atoms with Gasteiger partial charge < -0.3 is 15.0 Å². The van der Waals surface area contributed by atoms with E-state index in [1.165, 1.54) is 0 Å². The van der Waals surface area contributed by atoms with Crippen LogP contribution in [0.4, 0.5) is 0 Å². The number of ether oxygens (including phenoxy) is 1. The first-order valence-electron chi connectivity index (χ1n) is 7.67. The molecule has 1 aromatic heterocycles. The van der Waals surface area contributed by atoms with Gasteiger partial charge in [-0.3, -0.25) is 4.98 Å². The molecule has 0 aliphatic carbocycles. The van der Waals surface area contributed by atoms with Crippen LogP contribution < -0.4 is 5.32 Å². The van der Waals surface area contributed by atoms with Crippen molar-refractivity contribution >= 4 is 0 Å². The number of nitrogens with one attached hydrogen (secondary N) is 1. The second kappa shape index (κ2) is 8.35. The molecule has 0 radical (unpaired) electrons. The number of hydrogen-bond donors (Lipinski definition) is 1. The van der Waals surface area contributed by atoms with Gasteiger partial charge in [-0.2, -0.15) is 0 Å². The summed E-state index contributed by atoms with van der Waals surface area (Å²) in [5.41, 5.74) is 2.23. The molecule has 1 saturated heterocycles. The SMILES string of the molecule is Cc1cccc(CN(C)CCCOC2CCNCC2)n1. The molecule has 1 aromatic rings. The molecule has 1 N–H and O–H groups in total. The molecule has 0 aromatic carbocycles. The second-order valence-electron chi connectivity index (χ2n) is 5.68. The Bertz CT molecular complexity index is 391. The van der Waals surface area contributed by atoms with Gasteiger partial charge in [-0.05, 0) is 58.5 Å². The van der Waals surface area contributed by atoms with Gasteiger partial charge in [-0.1, -0.05) is 6.07 Å². The minimum atomic E-state index is 0.472. The summed E-state index contributed by atoms with van der Waals surface area (Å²) in [6.07, 6.45) is 3.87. The molecule has 0 bridgehead atoms. The van der Waals surface area contributed by atoms with Crippen LogP contribution in [0.1, 0.15) is 30.7 Å². The zero-order valence-corrected chi connectivity index (χ0v) is 12.8. The van der Waals surface area contributed by atoms with Crippen molar-refractivity contribution in [3.63, 3.8) is 0 Å². The van der Waals surface area contributed by atoms with Crippen molar-refractivity contribution in [3.05, 3.63) is 29.6 Å². The number of hydrogen-bond acceptors (Lipinski definition) is 4. The average Bonchev–Trinajstić information content (AvgIpc) is 2.45. The number of pyridine rings is 1. The highest BCUT2D eigenvalue weighted by atomic mass is 16.5. The van der Waals surface area contributed by atoms with Crippen LogP contribution >= 0.6 is 0 Å². The predicted molar refractivity (Wildman–Crippen MR) is 81.8 cm³/mol. The van der Waals surface area contributed by atoms with Crippen molar-refractivity contribution in [3.8, 4) is 0 Å². The molecule has 0 spiro atoms. The van der Waals surface area contributed by atoms with Crippen molar-refractivity contribution in [2.75, 3.05) is 33.3 Å². The summed E-state index contributed by atoms with van der Waals surface area (Å²) < 4.78 is 5.92.